The Bertz CT molecular complexity index is 1010. The lowest BCUT2D eigenvalue weighted by Crippen LogP contribution is -2.15. The Morgan fingerprint density at radius 2 is 1.77 bits per heavy atom. The van der Waals surface area contributed by atoms with Gasteiger partial charge >= 0.3 is 0 Å². The minimum absolute atomic E-state index is 0.194. The molecule has 1 aromatic heterocycles. The van der Waals surface area contributed by atoms with Crippen molar-refractivity contribution >= 4 is 35.0 Å². The molecule has 0 saturated carbocycles. The summed E-state index contributed by atoms with van der Waals surface area (Å²) in [5.41, 5.74) is 1.77. The van der Waals surface area contributed by atoms with Crippen LogP contribution in [-0.2, 0) is 4.74 Å². The highest BCUT2D eigenvalue weighted by Crippen LogP contribution is 2.27. The highest BCUT2D eigenvalue weighted by atomic mass is 32.2. The van der Waals surface area contributed by atoms with Crippen molar-refractivity contribution in [3.63, 3.8) is 0 Å². The highest BCUT2D eigenvalue weighted by molar-refractivity contribution is 7.99. The van der Waals surface area contributed by atoms with Gasteiger partial charge < -0.3 is 19.8 Å². The third-order valence-corrected chi connectivity index (χ3v) is 5.91. The molecule has 6 nitrogen and oxygen atoms in total. The predicted octanol–water partition coefficient (Wildman–Crippen LogP) is 5.06. The summed E-state index contributed by atoms with van der Waals surface area (Å²) in [5, 5.41) is 5.68. The van der Waals surface area contributed by atoms with Gasteiger partial charge in [0.15, 0.2) is 5.76 Å². The van der Waals surface area contributed by atoms with Crippen LogP contribution in [0.4, 0.5) is 11.4 Å². The van der Waals surface area contributed by atoms with E-state index in [2.05, 4.69) is 10.6 Å². The summed E-state index contributed by atoms with van der Waals surface area (Å²) in [4.78, 5) is 26.0. The lowest BCUT2D eigenvalue weighted by molar-refractivity contribution is 0.0994. The fourth-order valence-electron chi connectivity index (χ4n) is 3.21. The number of hydrogen-bond acceptors (Lipinski definition) is 5. The smallest absolute Gasteiger partial charge is 0.291 e. The van der Waals surface area contributed by atoms with E-state index in [1.165, 1.54) is 6.26 Å². The molecular weight excluding hydrogens is 400 g/mol. The maximum Gasteiger partial charge on any atom is 0.291 e. The van der Waals surface area contributed by atoms with E-state index in [4.69, 9.17) is 9.15 Å². The van der Waals surface area contributed by atoms with E-state index >= 15 is 0 Å². The Morgan fingerprint density at radius 1 is 0.967 bits per heavy atom. The predicted molar refractivity (Wildman–Crippen MR) is 117 cm³/mol. The molecule has 2 N–H and O–H groups in total. The highest BCUT2D eigenvalue weighted by Gasteiger charge is 2.18. The molecule has 1 aliphatic heterocycles. The molecule has 4 rings (SSSR count). The Balaban J connectivity index is 1.42. The Hall–Kier alpha value is -3.03. The third kappa shape index (κ3) is 5.11. The molecule has 2 heterocycles. The summed E-state index contributed by atoms with van der Waals surface area (Å²) < 4.78 is 10.8. The molecule has 2 aromatic carbocycles. The number of carbonyl (C=O) groups is 2. The maximum atomic E-state index is 12.9. The van der Waals surface area contributed by atoms with Crippen LogP contribution in [0.25, 0.3) is 0 Å². The fourth-order valence-corrected chi connectivity index (χ4v) is 4.33. The van der Waals surface area contributed by atoms with Gasteiger partial charge in [0.05, 0.1) is 17.9 Å². The first kappa shape index (κ1) is 20.3. The topological polar surface area (TPSA) is 80.6 Å². The van der Waals surface area contributed by atoms with Crippen molar-refractivity contribution in [2.45, 2.75) is 23.8 Å². The van der Waals surface area contributed by atoms with Gasteiger partial charge in [0.1, 0.15) is 0 Å². The molecule has 0 radical (unpaired) electrons. The third-order valence-electron chi connectivity index (χ3n) is 4.70. The van der Waals surface area contributed by atoms with Gasteiger partial charge in [-0.05, 0) is 55.3 Å². The summed E-state index contributed by atoms with van der Waals surface area (Å²) in [5.74, 6) is 0.513. The van der Waals surface area contributed by atoms with E-state index < -0.39 is 0 Å². The zero-order valence-electron chi connectivity index (χ0n) is 16.3. The number of thioether (sulfide) groups is 1. The Labute approximate surface area is 179 Å². The van der Waals surface area contributed by atoms with Crippen molar-refractivity contribution in [1.29, 1.82) is 0 Å². The molecule has 3 aromatic rings. The van der Waals surface area contributed by atoms with Gasteiger partial charge in [-0.2, -0.15) is 0 Å². The van der Waals surface area contributed by atoms with Crippen LogP contribution < -0.4 is 10.6 Å². The van der Waals surface area contributed by atoms with Crippen molar-refractivity contribution in [2.75, 3.05) is 23.0 Å². The van der Waals surface area contributed by atoms with E-state index in [0.29, 0.717) is 16.9 Å². The van der Waals surface area contributed by atoms with Crippen molar-refractivity contribution in [3.8, 4) is 0 Å². The monoisotopic (exact) mass is 422 g/mol. The molecule has 0 bridgehead atoms. The van der Waals surface area contributed by atoms with Crippen molar-refractivity contribution in [3.05, 3.63) is 78.3 Å². The summed E-state index contributed by atoms with van der Waals surface area (Å²) in [6, 6.07) is 17.8. The van der Waals surface area contributed by atoms with Gasteiger partial charge in [-0.3, -0.25) is 9.59 Å². The van der Waals surface area contributed by atoms with E-state index in [0.717, 1.165) is 30.1 Å². The molecule has 0 spiro atoms. The first-order valence-electron chi connectivity index (χ1n) is 9.79. The summed E-state index contributed by atoms with van der Waals surface area (Å²) in [6.07, 6.45) is 3.86. The van der Waals surface area contributed by atoms with E-state index in [-0.39, 0.29) is 23.7 Å². The Morgan fingerprint density at radius 3 is 2.50 bits per heavy atom. The van der Waals surface area contributed by atoms with Gasteiger partial charge in [0.25, 0.3) is 11.8 Å². The van der Waals surface area contributed by atoms with Crippen molar-refractivity contribution in [2.24, 2.45) is 0 Å². The molecule has 1 aliphatic rings. The zero-order valence-corrected chi connectivity index (χ0v) is 17.1. The molecule has 30 heavy (non-hydrogen) atoms. The first-order chi connectivity index (χ1) is 14.7. The molecule has 7 heteroatoms. The minimum atomic E-state index is -0.348. The molecule has 1 fully saturated rings. The average Bonchev–Trinajstić information content (AvgIpc) is 3.47. The van der Waals surface area contributed by atoms with E-state index in [1.807, 2.05) is 24.3 Å². The van der Waals surface area contributed by atoms with Gasteiger partial charge in [-0.1, -0.05) is 18.2 Å². The van der Waals surface area contributed by atoms with E-state index in [1.54, 1.807) is 48.2 Å². The minimum Gasteiger partial charge on any atom is -0.459 e. The number of amides is 2. The second-order valence-corrected chi connectivity index (χ2v) is 7.97. The summed E-state index contributed by atoms with van der Waals surface area (Å²) in [6.45, 7) is 0.820. The van der Waals surface area contributed by atoms with Crippen LogP contribution in [0.1, 0.15) is 33.8 Å². The number of furan rings is 1. The first-order valence-corrected chi connectivity index (χ1v) is 10.8. The van der Waals surface area contributed by atoms with Crippen LogP contribution in [-0.4, -0.2) is 30.3 Å². The van der Waals surface area contributed by atoms with Crippen LogP contribution in [0.15, 0.2) is 76.2 Å². The lowest BCUT2D eigenvalue weighted by Gasteiger charge is -2.13. The van der Waals surface area contributed by atoms with Crippen LogP contribution in [0.5, 0.6) is 0 Å². The molecule has 154 valence electrons. The van der Waals surface area contributed by atoms with Gasteiger partial charge in [-0.25, -0.2) is 0 Å². The van der Waals surface area contributed by atoms with Gasteiger partial charge in [0, 0.05) is 28.6 Å². The molecule has 0 aliphatic carbocycles. The zero-order chi connectivity index (χ0) is 20.8. The van der Waals surface area contributed by atoms with Crippen molar-refractivity contribution in [1.82, 2.24) is 0 Å². The van der Waals surface area contributed by atoms with Gasteiger partial charge in [-0.15, -0.1) is 11.8 Å². The lowest BCUT2D eigenvalue weighted by atomic mass is 10.2. The molecule has 2 amide bonds. The molecule has 0 unspecified atom stereocenters. The number of benzene rings is 2. The normalized spacial score (nSPS) is 15.7. The SMILES string of the molecule is O=C(Nc1cccc(NC(=O)c2ccccc2SC[C@H]2CCCO2)c1)c1ccco1. The van der Waals surface area contributed by atoms with E-state index in [9.17, 15) is 9.59 Å². The number of hydrogen-bond donors (Lipinski definition) is 2. The second kappa shape index (κ2) is 9.65. The number of anilines is 2. The number of rotatable bonds is 7. The number of carbonyl (C=O) groups excluding carboxylic acids is 2. The second-order valence-electron chi connectivity index (χ2n) is 6.91. The number of ether oxygens (including phenoxy) is 1. The molecule has 1 atom stereocenters. The quantitative estimate of drug-likeness (QED) is 0.521. The molecule has 1 saturated heterocycles. The summed E-state index contributed by atoms with van der Waals surface area (Å²) >= 11 is 1.64. The van der Waals surface area contributed by atoms with Crippen LogP contribution in [0.2, 0.25) is 0 Å². The van der Waals surface area contributed by atoms with Gasteiger partial charge in [0.2, 0.25) is 0 Å². The largest absolute Gasteiger partial charge is 0.459 e. The average molecular weight is 423 g/mol. The van der Waals surface area contributed by atoms with Crippen molar-refractivity contribution < 1.29 is 18.7 Å². The van der Waals surface area contributed by atoms with Crippen LogP contribution in [0.3, 0.4) is 0 Å². The Kier molecular flexibility index (Phi) is 6.51. The standard InChI is InChI=1S/C23H22N2O4S/c26-22(19-9-1-2-11-21(19)30-15-18-8-4-12-28-18)24-16-6-3-7-17(14-16)25-23(27)20-10-5-13-29-20/h1-3,5-7,9-11,13-14,18H,4,8,12,15H2,(H,24,26)(H,25,27)/t18-/m1/s1. The number of nitrogens with one attached hydrogen (secondary N) is 2. The van der Waals surface area contributed by atoms with Crippen LogP contribution >= 0.6 is 11.8 Å². The molecular formula is C23H22N2O4S. The van der Waals surface area contributed by atoms with Crippen LogP contribution in [0, 0.1) is 0 Å². The maximum absolute atomic E-state index is 12.9. The summed E-state index contributed by atoms with van der Waals surface area (Å²) in [7, 11) is 0. The fraction of sp³-hybridized carbons (Fsp3) is 0.217.